The van der Waals surface area contributed by atoms with Crippen molar-refractivity contribution in [3.63, 3.8) is 0 Å². The first kappa shape index (κ1) is 14.0. The zero-order chi connectivity index (χ0) is 14.7. The average molecular weight is 286 g/mol. The largest absolute Gasteiger partial charge is 0.492 e. The Kier molecular flexibility index (Phi) is 4.18. The van der Waals surface area contributed by atoms with Crippen molar-refractivity contribution in [2.75, 3.05) is 13.2 Å². The maximum atomic E-state index is 13.6. The van der Waals surface area contributed by atoms with Crippen LogP contribution in [-0.2, 0) is 19.6 Å². The highest BCUT2D eigenvalue weighted by atomic mass is 19.1. The van der Waals surface area contributed by atoms with E-state index in [0.717, 1.165) is 30.0 Å². The van der Waals surface area contributed by atoms with Crippen LogP contribution in [0.4, 0.5) is 4.39 Å². The maximum Gasteiger partial charge on any atom is 0.123 e. The Labute approximate surface area is 124 Å². The standard InChI is InChI=1S/C17H19FN2O/c18-16-8-13(10-19)7-14(9-16)11-20-5-6-21-17-4-2-1-3-15(17)12-20/h1-4,7-9H,5-6,10-12,19H2. The second kappa shape index (κ2) is 6.24. The van der Waals surface area contributed by atoms with Gasteiger partial charge in [-0.2, -0.15) is 0 Å². The van der Waals surface area contributed by atoms with Crippen molar-refractivity contribution in [1.82, 2.24) is 4.90 Å². The van der Waals surface area contributed by atoms with Crippen LogP contribution in [0.3, 0.4) is 0 Å². The average Bonchev–Trinajstić information content (AvgIpc) is 2.68. The molecule has 0 unspecified atom stereocenters. The summed E-state index contributed by atoms with van der Waals surface area (Å²) in [6.45, 7) is 3.34. The fraction of sp³-hybridized carbons (Fsp3) is 0.294. The molecular weight excluding hydrogens is 267 g/mol. The van der Waals surface area contributed by atoms with E-state index in [1.54, 1.807) is 6.07 Å². The Morgan fingerprint density at radius 1 is 1.14 bits per heavy atom. The summed E-state index contributed by atoms with van der Waals surface area (Å²) < 4.78 is 19.3. The third kappa shape index (κ3) is 3.40. The molecule has 4 heteroatoms. The number of nitrogens with two attached hydrogens (primary N) is 1. The van der Waals surface area contributed by atoms with E-state index in [1.807, 2.05) is 24.3 Å². The number of rotatable bonds is 3. The molecule has 1 heterocycles. The number of fused-ring (bicyclic) bond motifs is 1. The summed E-state index contributed by atoms with van der Waals surface area (Å²) >= 11 is 0. The van der Waals surface area contributed by atoms with E-state index in [0.29, 0.717) is 19.7 Å². The molecule has 2 N–H and O–H groups in total. The molecule has 0 aromatic heterocycles. The molecule has 1 aliphatic rings. The van der Waals surface area contributed by atoms with Crippen LogP contribution in [0.25, 0.3) is 0 Å². The molecule has 110 valence electrons. The van der Waals surface area contributed by atoms with Gasteiger partial charge in [0.1, 0.15) is 18.2 Å². The quantitative estimate of drug-likeness (QED) is 0.943. The predicted molar refractivity (Wildman–Crippen MR) is 80.3 cm³/mol. The molecule has 0 amide bonds. The number of para-hydroxylation sites is 1. The molecule has 3 nitrogen and oxygen atoms in total. The summed E-state index contributed by atoms with van der Waals surface area (Å²) in [6, 6.07) is 13.1. The molecule has 1 aliphatic heterocycles. The summed E-state index contributed by atoms with van der Waals surface area (Å²) in [7, 11) is 0. The first-order valence-corrected chi connectivity index (χ1v) is 7.16. The molecule has 2 aromatic carbocycles. The molecule has 0 saturated carbocycles. The Balaban J connectivity index is 1.78. The minimum Gasteiger partial charge on any atom is -0.492 e. The van der Waals surface area contributed by atoms with Gasteiger partial charge in [0.05, 0.1) is 0 Å². The van der Waals surface area contributed by atoms with Gasteiger partial charge in [-0.25, -0.2) is 4.39 Å². The van der Waals surface area contributed by atoms with Gasteiger partial charge in [0.25, 0.3) is 0 Å². The minimum atomic E-state index is -0.223. The van der Waals surface area contributed by atoms with Crippen LogP contribution in [0.15, 0.2) is 42.5 Å². The smallest absolute Gasteiger partial charge is 0.123 e. The fourth-order valence-electron chi connectivity index (χ4n) is 2.70. The first-order chi connectivity index (χ1) is 10.2. The monoisotopic (exact) mass is 286 g/mol. The lowest BCUT2D eigenvalue weighted by Crippen LogP contribution is -2.25. The van der Waals surface area contributed by atoms with Crippen molar-refractivity contribution < 1.29 is 9.13 Å². The molecule has 0 radical (unpaired) electrons. The van der Waals surface area contributed by atoms with Crippen LogP contribution >= 0.6 is 0 Å². The van der Waals surface area contributed by atoms with E-state index in [2.05, 4.69) is 11.0 Å². The van der Waals surface area contributed by atoms with E-state index < -0.39 is 0 Å². The fourth-order valence-corrected chi connectivity index (χ4v) is 2.70. The number of ether oxygens (including phenoxy) is 1. The second-order valence-electron chi connectivity index (χ2n) is 5.34. The molecule has 21 heavy (non-hydrogen) atoms. The van der Waals surface area contributed by atoms with Crippen molar-refractivity contribution in [1.29, 1.82) is 0 Å². The number of nitrogens with zero attached hydrogens (tertiary/aromatic N) is 1. The Hall–Kier alpha value is -1.91. The van der Waals surface area contributed by atoms with Gasteiger partial charge >= 0.3 is 0 Å². The van der Waals surface area contributed by atoms with Gasteiger partial charge in [-0.05, 0) is 29.3 Å². The SMILES string of the molecule is NCc1cc(F)cc(CN2CCOc3ccccc3C2)c1. The van der Waals surface area contributed by atoms with Gasteiger partial charge in [-0.15, -0.1) is 0 Å². The first-order valence-electron chi connectivity index (χ1n) is 7.16. The minimum absolute atomic E-state index is 0.223. The number of hydrogen-bond donors (Lipinski definition) is 1. The third-order valence-electron chi connectivity index (χ3n) is 3.69. The van der Waals surface area contributed by atoms with Crippen LogP contribution in [0.1, 0.15) is 16.7 Å². The van der Waals surface area contributed by atoms with Crippen molar-refractivity contribution in [2.24, 2.45) is 5.73 Å². The molecule has 0 spiro atoms. The Morgan fingerprint density at radius 3 is 2.81 bits per heavy atom. The third-order valence-corrected chi connectivity index (χ3v) is 3.69. The highest BCUT2D eigenvalue weighted by Gasteiger charge is 2.15. The van der Waals surface area contributed by atoms with Crippen molar-refractivity contribution in [3.8, 4) is 5.75 Å². The Morgan fingerprint density at radius 2 is 1.95 bits per heavy atom. The van der Waals surface area contributed by atoms with E-state index in [4.69, 9.17) is 10.5 Å². The molecule has 0 aliphatic carbocycles. The molecule has 0 atom stereocenters. The van der Waals surface area contributed by atoms with Crippen LogP contribution in [0.2, 0.25) is 0 Å². The van der Waals surface area contributed by atoms with Gasteiger partial charge < -0.3 is 10.5 Å². The van der Waals surface area contributed by atoms with E-state index in [9.17, 15) is 4.39 Å². The summed E-state index contributed by atoms with van der Waals surface area (Å²) in [5.41, 5.74) is 8.56. The lowest BCUT2D eigenvalue weighted by molar-refractivity contribution is 0.219. The predicted octanol–water partition coefficient (Wildman–Crippen LogP) is 2.68. The van der Waals surface area contributed by atoms with Crippen LogP contribution in [0.5, 0.6) is 5.75 Å². The molecule has 3 rings (SSSR count). The topological polar surface area (TPSA) is 38.5 Å². The van der Waals surface area contributed by atoms with Crippen LogP contribution < -0.4 is 10.5 Å². The van der Waals surface area contributed by atoms with E-state index in [-0.39, 0.29) is 5.82 Å². The molecule has 0 bridgehead atoms. The van der Waals surface area contributed by atoms with Gasteiger partial charge in [0.15, 0.2) is 0 Å². The lowest BCUT2D eigenvalue weighted by Gasteiger charge is -2.19. The highest BCUT2D eigenvalue weighted by molar-refractivity contribution is 5.34. The van der Waals surface area contributed by atoms with Crippen molar-refractivity contribution in [2.45, 2.75) is 19.6 Å². The molecule has 0 fully saturated rings. The zero-order valence-corrected chi connectivity index (χ0v) is 11.9. The normalized spacial score (nSPS) is 15.1. The molecular formula is C17H19FN2O. The summed E-state index contributed by atoms with van der Waals surface area (Å²) in [5, 5.41) is 0. The van der Waals surface area contributed by atoms with Crippen LogP contribution in [0, 0.1) is 5.82 Å². The number of halogens is 1. The van der Waals surface area contributed by atoms with Crippen molar-refractivity contribution >= 4 is 0 Å². The van der Waals surface area contributed by atoms with Gasteiger partial charge in [0.2, 0.25) is 0 Å². The van der Waals surface area contributed by atoms with E-state index in [1.165, 1.54) is 11.6 Å². The van der Waals surface area contributed by atoms with Gasteiger partial charge in [0, 0.05) is 31.7 Å². The number of benzene rings is 2. The highest BCUT2D eigenvalue weighted by Crippen LogP contribution is 2.23. The molecule has 2 aromatic rings. The van der Waals surface area contributed by atoms with Gasteiger partial charge in [-0.1, -0.05) is 24.3 Å². The Bertz CT molecular complexity index is 630. The lowest BCUT2D eigenvalue weighted by atomic mass is 10.1. The van der Waals surface area contributed by atoms with Crippen LogP contribution in [-0.4, -0.2) is 18.1 Å². The zero-order valence-electron chi connectivity index (χ0n) is 11.9. The molecule has 0 saturated heterocycles. The summed E-state index contributed by atoms with van der Waals surface area (Å²) in [4.78, 5) is 2.26. The van der Waals surface area contributed by atoms with E-state index >= 15 is 0 Å². The maximum absolute atomic E-state index is 13.6. The van der Waals surface area contributed by atoms with Crippen molar-refractivity contribution in [3.05, 3.63) is 65.0 Å². The summed E-state index contributed by atoms with van der Waals surface area (Å²) in [5.74, 6) is 0.723. The second-order valence-corrected chi connectivity index (χ2v) is 5.34. The summed E-state index contributed by atoms with van der Waals surface area (Å²) in [6.07, 6.45) is 0. The number of hydrogen-bond acceptors (Lipinski definition) is 3. The van der Waals surface area contributed by atoms with Gasteiger partial charge in [-0.3, -0.25) is 4.90 Å².